The zero-order valence-corrected chi connectivity index (χ0v) is 13.9. The minimum atomic E-state index is -0.410. The number of hydrogen-bond donors (Lipinski definition) is 2. The van der Waals surface area contributed by atoms with Crippen molar-refractivity contribution in [3.8, 4) is 0 Å². The van der Waals surface area contributed by atoms with Crippen molar-refractivity contribution in [1.82, 2.24) is 10.9 Å². The van der Waals surface area contributed by atoms with Crippen LogP contribution in [-0.4, -0.2) is 11.8 Å². The zero-order valence-electron chi connectivity index (χ0n) is 13.0. The summed E-state index contributed by atoms with van der Waals surface area (Å²) in [6.45, 7) is 2.00. The highest BCUT2D eigenvalue weighted by molar-refractivity contribution is 7.12. The van der Waals surface area contributed by atoms with Crippen molar-refractivity contribution in [2.75, 3.05) is 0 Å². The molecule has 3 aromatic rings. The van der Waals surface area contributed by atoms with E-state index >= 15 is 0 Å². The number of carbonyl (C=O) groups is 2. The lowest BCUT2D eigenvalue weighted by atomic mass is 10.1. The van der Waals surface area contributed by atoms with E-state index in [0.717, 1.165) is 28.7 Å². The van der Waals surface area contributed by atoms with Crippen molar-refractivity contribution >= 4 is 40.2 Å². The topological polar surface area (TPSA) is 71.3 Å². The summed E-state index contributed by atoms with van der Waals surface area (Å²) < 4.78 is 5.78. The number of rotatable bonds is 4. The van der Waals surface area contributed by atoms with Crippen molar-refractivity contribution in [2.45, 2.75) is 13.3 Å². The largest absolute Gasteiger partial charge is 0.460 e. The van der Waals surface area contributed by atoms with E-state index in [4.69, 9.17) is 4.42 Å². The van der Waals surface area contributed by atoms with Gasteiger partial charge in [0, 0.05) is 23.4 Å². The molecule has 0 spiro atoms. The minimum absolute atomic E-state index is 0.338. The molecular formula is C18H16N2O3S. The molecule has 5 nitrogen and oxygen atoms in total. The first-order chi connectivity index (χ1) is 11.7. The number of para-hydroxylation sites is 1. The molecule has 2 amide bonds. The lowest BCUT2D eigenvalue weighted by Gasteiger charge is -2.03. The number of furan rings is 1. The monoisotopic (exact) mass is 340 g/mol. The normalized spacial score (nSPS) is 11.0. The Labute approximate surface area is 142 Å². The molecule has 0 saturated carbocycles. The van der Waals surface area contributed by atoms with Crippen LogP contribution < -0.4 is 10.9 Å². The number of carbonyl (C=O) groups excluding carboxylic acids is 2. The standard InChI is InChI=1S/C18H16N2O3S/c1-2-14-13(12-6-3-4-7-15(12)23-14)9-10-17(21)19-20-18(22)16-8-5-11-24-16/h3-11H,2H2,1H3,(H,19,21)(H,20,22)/b10-9+. The Morgan fingerprint density at radius 2 is 2.00 bits per heavy atom. The van der Waals surface area contributed by atoms with E-state index < -0.39 is 5.91 Å². The van der Waals surface area contributed by atoms with Crippen LogP contribution in [0.1, 0.15) is 27.9 Å². The Kier molecular flexibility index (Phi) is 4.77. The van der Waals surface area contributed by atoms with Gasteiger partial charge >= 0.3 is 0 Å². The van der Waals surface area contributed by atoms with E-state index in [1.165, 1.54) is 17.4 Å². The fourth-order valence-electron chi connectivity index (χ4n) is 2.35. The van der Waals surface area contributed by atoms with Gasteiger partial charge in [-0.05, 0) is 23.6 Å². The molecule has 2 aromatic heterocycles. The Morgan fingerprint density at radius 1 is 1.17 bits per heavy atom. The number of aryl methyl sites for hydroxylation is 1. The average molecular weight is 340 g/mol. The van der Waals surface area contributed by atoms with Crippen LogP contribution in [0.3, 0.4) is 0 Å². The highest BCUT2D eigenvalue weighted by Crippen LogP contribution is 2.27. The molecule has 1 aromatic carbocycles. The molecular weight excluding hydrogens is 324 g/mol. The number of fused-ring (bicyclic) bond motifs is 1. The Balaban J connectivity index is 1.69. The molecule has 122 valence electrons. The van der Waals surface area contributed by atoms with Crippen molar-refractivity contribution in [2.24, 2.45) is 0 Å². The van der Waals surface area contributed by atoms with Crippen LogP contribution in [0.4, 0.5) is 0 Å². The van der Waals surface area contributed by atoms with Gasteiger partial charge in [-0.1, -0.05) is 31.2 Å². The molecule has 0 fully saturated rings. The van der Waals surface area contributed by atoms with Gasteiger partial charge in [0.1, 0.15) is 11.3 Å². The third-order valence-electron chi connectivity index (χ3n) is 3.48. The van der Waals surface area contributed by atoms with Gasteiger partial charge in [-0.25, -0.2) is 0 Å². The van der Waals surface area contributed by atoms with E-state index in [9.17, 15) is 9.59 Å². The molecule has 0 aliphatic heterocycles. The van der Waals surface area contributed by atoms with E-state index in [-0.39, 0.29) is 5.91 Å². The summed E-state index contributed by atoms with van der Waals surface area (Å²) in [5.74, 6) is 0.0740. The number of nitrogens with one attached hydrogen (secondary N) is 2. The summed E-state index contributed by atoms with van der Waals surface area (Å²) in [7, 11) is 0. The van der Waals surface area contributed by atoms with E-state index in [0.29, 0.717) is 4.88 Å². The lowest BCUT2D eigenvalue weighted by Crippen LogP contribution is -2.40. The van der Waals surface area contributed by atoms with Gasteiger partial charge in [0.15, 0.2) is 0 Å². The summed E-state index contributed by atoms with van der Waals surface area (Å²) in [6, 6.07) is 11.1. The maximum Gasteiger partial charge on any atom is 0.279 e. The molecule has 0 radical (unpaired) electrons. The predicted molar refractivity (Wildman–Crippen MR) is 94.6 cm³/mol. The van der Waals surface area contributed by atoms with Crippen molar-refractivity contribution in [3.63, 3.8) is 0 Å². The van der Waals surface area contributed by atoms with Gasteiger partial charge in [-0.3, -0.25) is 20.4 Å². The van der Waals surface area contributed by atoms with Gasteiger partial charge < -0.3 is 4.42 Å². The van der Waals surface area contributed by atoms with Crippen molar-refractivity contribution in [3.05, 3.63) is 64.1 Å². The third-order valence-corrected chi connectivity index (χ3v) is 4.35. The number of hydrazine groups is 1. The van der Waals surface area contributed by atoms with Gasteiger partial charge in [0.05, 0.1) is 4.88 Å². The van der Waals surface area contributed by atoms with Crippen LogP contribution in [-0.2, 0) is 11.2 Å². The van der Waals surface area contributed by atoms with E-state index in [2.05, 4.69) is 10.9 Å². The second-order valence-electron chi connectivity index (χ2n) is 5.04. The quantitative estimate of drug-likeness (QED) is 0.564. The smallest absolute Gasteiger partial charge is 0.279 e. The fraction of sp³-hybridized carbons (Fsp3) is 0.111. The zero-order chi connectivity index (χ0) is 16.9. The first-order valence-electron chi connectivity index (χ1n) is 7.51. The summed E-state index contributed by atoms with van der Waals surface area (Å²) >= 11 is 1.31. The van der Waals surface area contributed by atoms with Crippen LogP contribution >= 0.6 is 11.3 Å². The molecule has 0 bridgehead atoms. The lowest BCUT2D eigenvalue weighted by molar-refractivity contribution is -0.117. The van der Waals surface area contributed by atoms with Gasteiger partial charge in [0.25, 0.3) is 11.8 Å². The molecule has 2 heterocycles. The van der Waals surface area contributed by atoms with Crippen LogP contribution in [0, 0.1) is 0 Å². The number of amides is 2. The summed E-state index contributed by atoms with van der Waals surface area (Å²) in [5.41, 5.74) is 6.42. The van der Waals surface area contributed by atoms with Crippen molar-refractivity contribution in [1.29, 1.82) is 0 Å². The highest BCUT2D eigenvalue weighted by Gasteiger charge is 2.10. The third kappa shape index (κ3) is 3.38. The second-order valence-corrected chi connectivity index (χ2v) is 5.99. The average Bonchev–Trinajstić information content (AvgIpc) is 3.25. The molecule has 6 heteroatoms. The van der Waals surface area contributed by atoms with Crippen LogP contribution in [0.2, 0.25) is 0 Å². The molecule has 24 heavy (non-hydrogen) atoms. The van der Waals surface area contributed by atoms with E-state index in [1.807, 2.05) is 31.2 Å². The fourth-order valence-corrected chi connectivity index (χ4v) is 2.97. The molecule has 0 saturated heterocycles. The summed E-state index contributed by atoms with van der Waals surface area (Å²) in [5, 5.41) is 2.76. The van der Waals surface area contributed by atoms with Gasteiger partial charge in [-0.2, -0.15) is 0 Å². The predicted octanol–water partition coefficient (Wildman–Crippen LogP) is 3.53. The summed E-state index contributed by atoms with van der Waals surface area (Å²) in [4.78, 5) is 24.2. The molecule has 0 atom stereocenters. The first-order valence-corrected chi connectivity index (χ1v) is 8.39. The molecule has 3 rings (SSSR count). The first kappa shape index (κ1) is 16.0. The van der Waals surface area contributed by atoms with Crippen molar-refractivity contribution < 1.29 is 14.0 Å². The Hall–Kier alpha value is -2.86. The molecule has 0 unspecified atom stereocenters. The minimum Gasteiger partial charge on any atom is -0.460 e. The second kappa shape index (κ2) is 7.14. The maximum absolute atomic E-state index is 11.9. The summed E-state index contributed by atoms with van der Waals surface area (Å²) in [6.07, 6.45) is 3.81. The van der Waals surface area contributed by atoms with Gasteiger partial charge in [0.2, 0.25) is 0 Å². The van der Waals surface area contributed by atoms with Gasteiger partial charge in [-0.15, -0.1) is 11.3 Å². The Bertz CT molecular complexity index is 894. The number of thiophene rings is 1. The number of hydrogen-bond acceptors (Lipinski definition) is 4. The van der Waals surface area contributed by atoms with Crippen LogP contribution in [0.25, 0.3) is 17.0 Å². The number of benzene rings is 1. The van der Waals surface area contributed by atoms with Crippen LogP contribution in [0.5, 0.6) is 0 Å². The van der Waals surface area contributed by atoms with E-state index in [1.54, 1.807) is 23.6 Å². The molecule has 0 aliphatic rings. The molecule has 0 aliphatic carbocycles. The maximum atomic E-state index is 11.9. The Morgan fingerprint density at radius 3 is 2.75 bits per heavy atom. The van der Waals surface area contributed by atoms with Crippen LogP contribution in [0.15, 0.2) is 52.3 Å². The molecule has 2 N–H and O–H groups in total. The SMILES string of the molecule is CCc1oc2ccccc2c1/C=C/C(=O)NNC(=O)c1cccs1. The highest BCUT2D eigenvalue weighted by atomic mass is 32.1.